The van der Waals surface area contributed by atoms with Gasteiger partial charge in [0.25, 0.3) is 5.91 Å². The van der Waals surface area contributed by atoms with Crippen LogP contribution in [-0.4, -0.2) is 58.8 Å². The number of phenols is 1. The molecule has 176 valence electrons. The summed E-state index contributed by atoms with van der Waals surface area (Å²) >= 11 is 0. The van der Waals surface area contributed by atoms with Crippen molar-refractivity contribution < 1.29 is 38.9 Å². The van der Waals surface area contributed by atoms with E-state index in [-0.39, 0.29) is 11.3 Å². The fraction of sp³-hybridized carbons (Fsp3) is 0.545. The number of aliphatic hydroxyl groups is 1. The quantitative estimate of drug-likeness (QED) is 0.201. The van der Waals surface area contributed by atoms with Gasteiger partial charge in [-0.1, -0.05) is 32.3 Å². The lowest BCUT2D eigenvalue weighted by atomic mass is 9.92. The topological polar surface area (TPSA) is 151 Å². The summed E-state index contributed by atoms with van der Waals surface area (Å²) in [6, 6.07) is 2.75. The minimum atomic E-state index is -1.38. The molecule has 5 atom stereocenters. The molecule has 1 heterocycles. The fourth-order valence-corrected chi connectivity index (χ4v) is 3.53. The Morgan fingerprint density at radius 3 is 2.47 bits per heavy atom. The fourth-order valence-electron chi connectivity index (χ4n) is 3.53. The number of benzene rings is 1. The van der Waals surface area contributed by atoms with Crippen LogP contribution in [0.5, 0.6) is 5.75 Å². The van der Waals surface area contributed by atoms with Crippen molar-refractivity contribution >= 4 is 29.9 Å². The standard InChI is InChI=1S/C22H30N2O8/c1-4-5-6-8-15-18(26)13(3)32-22(30)17(12(2)31-21(15)29)24-20(28)14-9-7-10-16(19(14)27)23-11-25/h7,9-13,15,17-18,26-27H,4-6,8H2,1-3H3,(H,23,25)(H,24,28). The number of anilines is 1. The molecule has 1 fully saturated rings. The molecular formula is C22H30N2O8. The van der Waals surface area contributed by atoms with Gasteiger partial charge in [-0.3, -0.25) is 14.4 Å². The molecule has 5 unspecified atom stereocenters. The molecule has 32 heavy (non-hydrogen) atoms. The monoisotopic (exact) mass is 450 g/mol. The number of esters is 2. The van der Waals surface area contributed by atoms with Crippen LogP contribution >= 0.6 is 0 Å². The van der Waals surface area contributed by atoms with E-state index < -0.39 is 53.9 Å². The Hall–Kier alpha value is -3.14. The maximum atomic E-state index is 12.7. The Labute approximate surface area is 186 Å². The highest BCUT2D eigenvalue weighted by Gasteiger charge is 2.41. The Morgan fingerprint density at radius 2 is 1.81 bits per heavy atom. The number of carbonyl (C=O) groups excluding carboxylic acids is 4. The first-order chi connectivity index (χ1) is 15.2. The number of cyclic esters (lactones) is 2. The van der Waals surface area contributed by atoms with Crippen LogP contribution in [0, 0.1) is 5.92 Å². The number of carbonyl (C=O) groups is 4. The number of hydrogen-bond acceptors (Lipinski definition) is 8. The maximum Gasteiger partial charge on any atom is 0.332 e. The number of ether oxygens (including phenoxy) is 2. The van der Waals surface area contributed by atoms with E-state index in [0.29, 0.717) is 19.3 Å². The highest BCUT2D eigenvalue weighted by atomic mass is 16.6. The summed E-state index contributed by atoms with van der Waals surface area (Å²) in [6.07, 6.45) is -0.110. The van der Waals surface area contributed by atoms with E-state index in [1.54, 1.807) is 0 Å². The van der Waals surface area contributed by atoms with E-state index in [1.807, 2.05) is 6.92 Å². The van der Waals surface area contributed by atoms with Crippen LogP contribution in [-0.2, 0) is 23.9 Å². The number of hydrogen-bond donors (Lipinski definition) is 4. The van der Waals surface area contributed by atoms with Crippen molar-refractivity contribution in [3.05, 3.63) is 23.8 Å². The largest absolute Gasteiger partial charge is 0.505 e. The van der Waals surface area contributed by atoms with Gasteiger partial charge in [-0.2, -0.15) is 0 Å². The Balaban J connectivity index is 2.24. The van der Waals surface area contributed by atoms with Crippen LogP contribution in [0.15, 0.2) is 18.2 Å². The Morgan fingerprint density at radius 1 is 1.12 bits per heavy atom. The summed E-state index contributed by atoms with van der Waals surface area (Å²) in [4.78, 5) is 48.8. The van der Waals surface area contributed by atoms with Crippen molar-refractivity contribution in [1.29, 1.82) is 0 Å². The number of aliphatic hydroxyl groups excluding tert-OH is 1. The first kappa shape index (κ1) is 25.1. The smallest absolute Gasteiger partial charge is 0.332 e. The summed E-state index contributed by atoms with van der Waals surface area (Å²) in [5.41, 5.74) is -0.190. The first-order valence-electron chi connectivity index (χ1n) is 10.6. The third kappa shape index (κ3) is 5.97. The summed E-state index contributed by atoms with van der Waals surface area (Å²) in [6.45, 7) is 4.91. The van der Waals surface area contributed by atoms with Gasteiger partial charge in [-0.05, 0) is 32.4 Å². The van der Waals surface area contributed by atoms with Crippen LogP contribution in [0.4, 0.5) is 5.69 Å². The zero-order valence-electron chi connectivity index (χ0n) is 18.4. The van der Waals surface area contributed by atoms with Crippen molar-refractivity contribution in [3.8, 4) is 5.75 Å². The van der Waals surface area contributed by atoms with Gasteiger partial charge in [0, 0.05) is 0 Å². The highest BCUT2D eigenvalue weighted by Crippen LogP contribution is 2.28. The molecule has 1 aliphatic heterocycles. The summed E-state index contributed by atoms with van der Waals surface area (Å²) in [5, 5.41) is 25.5. The van der Waals surface area contributed by atoms with Gasteiger partial charge in [0.1, 0.15) is 18.3 Å². The molecule has 0 radical (unpaired) electrons. The summed E-state index contributed by atoms with van der Waals surface area (Å²) < 4.78 is 10.7. The van der Waals surface area contributed by atoms with Gasteiger partial charge < -0.3 is 30.3 Å². The van der Waals surface area contributed by atoms with Gasteiger partial charge in [0.2, 0.25) is 6.41 Å². The predicted octanol–water partition coefficient (Wildman–Crippen LogP) is 1.49. The average molecular weight is 450 g/mol. The van der Waals surface area contributed by atoms with Crippen LogP contribution in [0.2, 0.25) is 0 Å². The van der Waals surface area contributed by atoms with Gasteiger partial charge in [0.15, 0.2) is 11.8 Å². The van der Waals surface area contributed by atoms with E-state index in [1.165, 1.54) is 32.0 Å². The molecule has 1 aromatic rings. The Kier molecular flexibility index (Phi) is 9.01. The van der Waals surface area contributed by atoms with Crippen molar-refractivity contribution in [3.63, 3.8) is 0 Å². The number of rotatable bonds is 8. The van der Waals surface area contributed by atoms with E-state index in [9.17, 15) is 29.4 Å². The van der Waals surface area contributed by atoms with Crippen molar-refractivity contribution in [1.82, 2.24) is 5.32 Å². The van der Waals surface area contributed by atoms with Gasteiger partial charge in [0.05, 0.1) is 17.2 Å². The van der Waals surface area contributed by atoms with Crippen LogP contribution in [0.1, 0.15) is 56.8 Å². The molecule has 0 spiro atoms. The normalized spacial score (nSPS) is 26.1. The van der Waals surface area contributed by atoms with Crippen LogP contribution in [0.3, 0.4) is 0 Å². The second kappa shape index (κ2) is 11.5. The molecule has 10 nitrogen and oxygen atoms in total. The zero-order chi connectivity index (χ0) is 23.8. The molecule has 4 N–H and O–H groups in total. The minimum absolute atomic E-state index is 0.0100. The molecule has 0 aromatic heterocycles. The van der Waals surface area contributed by atoms with Crippen molar-refractivity contribution in [2.45, 2.75) is 70.8 Å². The van der Waals surface area contributed by atoms with Crippen molar-refractivity contribution in [2.24, 2.45) is 5.92 Å². The summed E-state index contributed by atoms with van der Waals surface area (Å²) in [7, 11) is 0. The molecule has 2 amide bonds. The molecular weight excluding hydrogens is 420 g/mol. The third-order valence-corrected chi connectivity index (χ3v) is 5.42. The molecule has 1 aromatic carbocycles. The van der Waals surface area contributed by atoms with Gasteiger partial charge >= 0.3 is 11.9 Å². The van der Waals surface area contributed by atoms with E-state index in [0.717, 1.165) is 12.8 Å². The van der Waals surface area contributed by atoms with E-state index in [2.05, 4.69) is 10.6 Å². The second-order valence-electron chi connectivity index (χ2n) is 7.79. The number of para-hydroxylation sites is 1. The minimum Gasteiger partial charge on any atom is -0.505 e. The lowest BCUT2D eigenvalue weighted by Crippen LogP contribution is -2.50. The number of phenolic OH excluding ortho intramolecular Hbond substituents is 1. The third-order valence-electron chi connectivity index (χ3n) is 5.42. The predicted molar refractivity (Wildman–Crippen MR) is 114 cm³/mol. The molecule has 0 bridgehead atoms. The number of nitrogens with one attached hydrogen (secondary N) is 2. The first-order valence-corrected chi connectivity index (χ1v) is 10.6. The molecule has 1 saturated heterocycles. The van der Waals surface area contributed by atoms with Crippen molar-refractivity contribution in [2.75, 3.05) is 5.32 Å². The lowest BCUT2D eigenvalue weighted by Gasteiger charge is -2.24. The maximum absolute atomic E-state index is 12.7. The molecule has 2 rings (SSSR count). The van der Waals surface area contributed by atoms with Gasteiger partial charge in [-0.15, -0.1) is 0 Å². The van der Waals surface area contributed by atoms with E-state index >= 15 is 0 Å². The zero-order valence-corrected chi connectivity index (χ0v) is 18.4. The number of amides is 2. The number of unbranched alkanes of at least 4 members (excludes halogenated alkanes) is 2. The molecule has 0 aliphatic carbocycles. The SMILES string of the molecule is CCCCCC1C(=O)OC(C)C(NC(=O)c2cccc(NC=O)c2O)C(=O)OC(C)C1O. The average Bonchev–Trinajstić information content (AvgIpc) is 2.77. The van der Waals surface area contributed by atoms with Crippen LogP contribution < -0.4 is 10.6 Å². The molecule has 0 saturated carbocycles. The lowest BCUT2D eigenvalue weighted by molar-refractivity contribution is -0.160. The Bertz CT molecular complexity index is 843. The number of aromatic hydroxyl groups is 1. The molecule has 10 heteroatoms. The second-order valence-corrected chi connectivity index (χ2v) is 7.79. The highest BCUT2D eigenvalue weighted by molar-refractivity contribution is 6.01. The van der Waals surface area contributed by atoms with Gasteiger partial charge in [-0.25, -0.2) is 4.79 Å². The van der Waals surface area contributed by atoms with Crippen LogP contribution in [0.25, 0.3) is 0 Å². The summed E-state index contributed by atoms with van der Waals surface area (Å²) in [5.74, 6) is -3.75. The van der Waals surface area contributed by atoms with E-state index in [4.69, 9.17) is 9.47 Å². The molecule has 1 aliphatic rings.